The molecule has 0 N–H and O–H groups in total. The highest BCUT2D eigenvalue weighted by Gasteiger charge is 2.31. The zero-order valence-electron chi connectivity index (χ0n) is 13.6. The highest BCUT2D eigenvalue weighted by atomic mass is 79.9. The summed E-state index contributed by atoms with van der Waals surface area (Å²) in [6, 6.07) is 11.1. The molecule has 3 rings (SSSR count). The van der Waals surface area contributed by atoms with Gasteiger partial charge in [0, 0.05) is 23.6 Å². The summed E-state index contributed by atoms with van der Waals surface area (Å²) in [7, 11) is 0. The van der Waals surface area contributed by atoms with Gasteiger partial charge in [-0.15, -0.1) is 0 Å². The van der Waals surface area contributed by atoms with Crippen molar-refractivity contribution in [1.82, 2.24) is 14.7 Å². The first kappa shape index (κ1) is 16.9. The topological polar surface area (TPSA) is 55.2 Å². The molecule has 1 aliphatic heterocycles. The molecule has 0 aliphatic carbocycles. The Morgan fingerprint density at radius 1 is 1.33 bits per heavy atom. The molecule has 0 unspecified atom stereocenters. The maximum Gasteiger partial charge on any atom is 0.274 e. The number of carbonyl (C=O) groups is 1. The number of hydrogen-bond donors (Lipinski definition) is 0. The van der Waals surface area contributed by atoms with Crippen LogP contribution in [0.15, 0.2) is 45.7 Å². The summed E-state index contributed by atoms with van der Waals surface area (Å²) < 4.78 is 2.38. The lowest BCUT2D eigenvalue weighted by Gasteiger charge is -2.25. The van der Waals surface area contributed by atoms with Crippen molar-refractivity contribution in [2.75, 3.05) is 6.54 Å². The van der Waals surface area contributed by atoms with Gasteiger partial charge < -0.3 is 4.90 Å². The van der Waals surface area contributed by atoms with E-state index in [0.717, 1.165) is 29.3 Å². The van der Waals surface area contributed by atoms with E-state index in [4.69, 9.17) is 0 Å². The predicted molar refractivity (Wildman–Crippen MR) is 95.9 cm³/mol. The highest BCUT2D eigenvalue weighted by molar-refractivity contribution is 9.10. The summed E-state index contributed by atoms with van der Waals surface area (Å²) in [4.78, 5) is 26.6. The molecule has 1 amide bonds. The number of carbonyl (C=O) groups excluding carboxylic acids is 1. The van der Waals surface area contributed by atoms with Crippen molar-refractivity contribution in [2.45, 2.75) is 38.8 Å². The van der Waals surface area contributed by atoms with Gasteiger partial charge in [-0.3, -0.25) is 9.59 Å². The van der Waals surface area contributed by atoms with E-state index in [1.165, 1.54) is 16.8 Å². The van der Waals surface area contributed by atoms with Crippen molar-refractivity contribution in [3.8, 4) is 0 Å². The lowest BCUT2D eigenvalue weighted by atomic mass is 10.0. The smallest absolute Gasteiger partial charge is 0.274 e. The Morgan fingerprint density at radius 3 is 2.92 bits per heavy atom. The van der Waals surface area contributed by atoms with Crippen LogP contribution >= 0.6 is 15.9 Å². The molecule has 0 bridgehead atoms. The minimum Gasteiger partial charge on any atom is -0.330 e. The van der Waals surface area contributed by atoms with Crippen LogP contribution in [0.2, 0.25) is 0 Å². The lowest BCUT2D eigenvalue weighted by molar-refractivity contribution is 0.0726. The number of aryl methyl sites for hydroxylation is 1. The molecular weight excluding hydrogens is 370 g/mol. The molecule has 1 fully saturated rings. The van der Waals surface area contributed by atoms with Crippen molar-refractivity contribution in [3.05, 3.63) is 62.5 Å². The van der Waals surface area contributed by atoms with Gasteiger partial charge >= 0.3 is 0 Å². The number of amides is 1. The molecule has 1 aliphatic rings. The number of hydrogen-bond acceptors (Lipinski definition) is 3. The normalized spacial score (nSPS) is 17.2. The van der Waals surface area contributed by atoms with Gasteiger partial charge in [0.05, 0.1) is 6.04 Å². The average Bonchev–Trinajstić information content (AvgIpc) is 3.06. The van der Waals surface area contributed by atoms with Crippen LogP contribution in [0.5, 0.6) is 0 Å². The van der Waals surface area contributed by atoms with E-state index in [1.807, 2.05) is 30.0 Å². The van der Waals surface area contributed by atoms with E-state index < -0.39 is 0 Å². The van der Waals surface area contributed by atoms with Crippen LogP contribution < -0.4 is 5.56 Å². The summed E-state index contributed by atoms with van der Waals surface area (Å²) in [5, 5.41) is 4.26. The predicted octanol–water partition coefficient (Wildman–Crippen LogP) is 3.39. The number of rotatable bonds is 4. The van der Waals surface area contributed by atoms with Gasteiger partial charge in [-0.05, 0) is 43.0 Å². The highest BCUT2D eigenvalue weighted by Crippen LogP contribution is 2.33. The molecule has 1 aromatic carbocycles. The summed E-state index contributed by atoms with van der Waals surface area (Å²) in [6.45, 7) is 3.21. The van der Waals surface area contributed by atoms with Crippen molar-refractivity contribution in [3.63, 3.8) is 0 Å². The molecular formula is C18H20BrN3O2. The Hall–Kier alpha value is -1.95. The third kappa shape index (κ3) is 3.43. The third-order valence-electron chi connectivity index (χ3n) is 4.27. The molecule has 0 saturated carbocycles. The van der Waals surface area contributed by atoms with Gasteiger partial charge in [0.1, 0.15) is 5.69 Å². The second-order valence-corrected chi connectivity index (χ2v) is 6.91. The van der Waals surface area contributed by atoms with Crippen LogP contribution in [-0.4, -0.2) is 27.1 Å². The fraction of sp³-hybridized carbons (Fsp3) is 0.389. The SMILES string of the molecule is CCCn1nc(C(=O)N2CCC[C@@H]2c2cccc(Br)c2)ccc1=O. The molecule has 1 atom stereocenters. The number of benzene rings is 1. The second-order valence-electron chi connectivity index (χ2n) is 5.99. The first-order valence-corrected chi connectivity index (χ1v) is 9.04. The van der Waals surface area contributed by atoms with E-state index in [1.54, 1.807) is 0 Å². The Balaban J connectivity index is 1.88. The molecule has 1 saturated heterocycles. The van der Waals surface area contributed by atoms with E-state index in [9.17, 15) is 9.59 Å². The van der Waals surface area contributed by atoms with E-state index in [-0.39, 0.29) is 17.5 Å². The van der Waals surface area contributed by atoms with Crippen LogP contribution in [-0.2, 0) is 6.54 Å². The maximum atomic E-state index is 12.9. The zero-order valence-corrected chi connectivity index (χ0v) is 15.2. The minimum absolute atomic E-state index is 0.0587. The van der Waals surface area contributed by atoms with Crippen LogP contribution in [0, 0.1) is 0 Å². The van der Waals surface area contributed by atoms with Crippen molar-refractivity contribution in [2.24, 2.45) is 0 Å². The molecule has 2 heterocycles. The first-order chi connectivity index (χ1) is 11.6. The summed E-state index contributed by atoms with van der Waals surface area (Å²) >= 11 is 3.49. The van der Waals surface area contributed by atoms with Gasteiger partial charge in [-0.1, -0.05) is 35.0 Å². The molecule has 126 valence electrons. The molecule has 0 spiro atoms. The quantitative estimate of drug-likeness (QED) is 0.804. The zero-order chi connectivity index (χ0) is 17.1. The Kier molecular flexibility index (Phi) is 5.14. The Bertz CT molecular complexity index is 803. The van der Waals surface area contributed by atoms with E-state index in [2.05, 4.69) is 27.1 Å². The van der Waals surface area contributed by atoms with Gasteiger partial charge in [0.25, 0.3) is 11.5 Å². The second kappa shape index (κ2) is 7.30. The van der Waals surface area contributed by atoms with Gasteiger partial charge in [0.15, 0.2) is 0 Å². The maximum absolute atomic E-state index is 12.9. The number of aromatic nitrogens is 2. The van der Waals surface area contributed by atoms with Crippen LogP contribution in [0.25, 0.3) is 0 Å². The molecule has 24 heavy (non-hydrogen) atoms. The fourth-order valence-electron chi connectivity index (χ4n) is 3.15. The summed E-state index contributed by atoms with van der Waals surface area (Å²) in [5.41, 5.74) is 1.29. The number of nitrogens with zero attached hydrogens (tertiary/aromatic N) is 3. The summed E-state index contributed by atoms with van der Waals surface area (Å²) in [5.74, 6) is -0.109. The monoisotopic (exact) mass is 389 g/mol. The first-order valence-electron chi connectivity index (χ1n) is 8.24. The number of halogens is 1. The largest absolute Gasteiger partial charge is 0.330 e. The Labute approximate surface area is 149 Å². The average molecular weight is 390 g/mol. The van der Waals surface area contributed by atoms with E-state index >= 15 is 0 Å². The summed E-state index contributed by atoms with van der Waals surface area (Å²) in [6.07, 6.45) is 2.71. The molecule has 6 heteroatoms. The van der Waals surface area contributed by atoms with Crippen LogP contribution in [0.1, 0.15) is 48.3 Å². The van der Waals surface area contributed by atoms with Crippen LogP contribution in [0.4, 0.5) is 0 Å². The number of likely N-dealkylation sites (tertiary alicyclic amines) is 1. The van der Waals surface area contributed by atoms with Gasteiger partial charge in [0.2, 0.25) is 0 Å². The van der Waals surface area contributed by atoms with E-state index in [0.29, 0.717) is 18.8 Å². The third-order valence-corrected chi connectivity index (χ3v) is 4.76. The van der Waals surface area contributed by atoms with Crippen molar-refractivity contribution >= 4 is 21.8 Å². The van der Waals surface area contributed by atoms with Gasteiger partial charge in [-0.2, -0.15) is 5.10 Å². The lowest BCUT2D eigenvalue weighted by Crippen LogP contribution is -2.33. The van der Waals surface area contributed by atoms with Crippen molar-refractivity contribution < 1.29 is 4.79 Å². The van der Waals surface area contributed by atoms with Gasteiger partial charge in [-0.25, -0.2) is 4.68 Å². The Morgan fingerprint density at radius 2 is 2.17 bits per heavy atom. The minimum atomic E-state index is -0.168. The molecule has 5 nitrogen and oxygen atoms in total. The molecule has 0 radical (unpaired) electrons. The standard InChI is InChI=1S/C18H20BrN3O2/c1-2-10-22-17(23)9-8-15(20-22)18(24)21-11-4-7-16(21)13-5-3-6-14(19)12-13/h3,5-6,8-9,12,16H,2,4,7,10-11H2,1H3/t16-/m1/s1. The van der Waals surface area contributed by atoms with Crippen LogP contribution in [0.3, 0.4) is 0 Å². The fourth-order valence-corrected chi connectivity index (χ4v) is 3.57. The molecule has 2 aromatic rings. The molecule has 1 aromatic heterocycles. The van der Waals surface area contributed by atoms with Crippen molar-refractivity contribution in [1.29, 1.82) is 0 Å².